The summed E-state index contributed by atoms with van der Waals surface area (Å²) in [6.07, 6.45) is 7.56. The number of nitrogens with zero attached hydrogens (tertiary/aromatic N) is 2. The summed E-state index contributed by atoms with van der Waals surface area (Å²) in [5.74, 6) is 0.919. The Morgan fingerprint density at radius 2 is 2.21 bits per heavy atom. The van der Waals surface area contributed by atoms with Crippen molar-refractivity contribution in [3.05, 3.63) is 51.4 Å². The molecule has 7 nitrogen and oxygen atoms in total. The van der Waals surface area contributed by atoms with Crippen LogP contribution in [0.2, 0.25) is 0 Å². The maximum atomic E-state index is 11.3. The quantitative estimate of drug-likeness (QED) is 0.597. The number of hydrogen-bond acceptors (Lipinski definition) is 6. The van der Waals surface area contributed by atoms with E-state index in [1.54, 1.807) is 12.3 Å². The van der Waals surface area contributed by atoms with Gasteiger partial charge in [0.2, 0.25) is 0 Å². The van der Waals surface area contributed by atoms with E-state index in [1.165, 1.54) is 6.21 Å². The van der Waals surface area contributed by atoms with Gasteiger partial charge in [-0.3, -0.25) is 4.79 Å². The highest BCUT2D eigenvalue weighted by atomic mass is 16.5. The summed E-state index contributed by atoms with van der Waals surface area (Å²) in [6.45, 7) is 5.40. The number of likely N-dealkylation sites (tertiary alicyclic amines) is 1. The van der Waals surface area contributed by atoms with Gasteiger partial charge in [0.25, 0.3) is 5.56 Å². The van der Waals surface area contributed by atoms with Crippen molar-refractivity contribution in [1.29, 1.82) is 5.41 Å². The Kier molecular flexibility index (Phi) is 5.41. The minimum Gasteiger partial charge on any atom is -0.490 e. The van der Waals surface area contributed by atoms with Crippen LogP contribution in [0.25, 0.3) is 0 Å². The van der Waals surface area contributed by atoms with Crippen molar-refractivity contribution in [2.24, 2.45) is 5.41 Å². The Hall–Kier alpha value is -2.67. The number of aromatic nitrogens is 2. The molecule has 1 aliphatic heterocycles. The number of H-pyrrole nitrogens is 1. The SMILES string of the molecule is CNc1c(C=N)ccc(OC2CC3(C2)CN(CCCc2cn[nH]c(=O)c2)C3)c1C. The van der Waals surface area contributed by atoms with E-state index >= 15 is 0 Å². The number of anilines is 1. The molecule has 2 heterocycles. The Bertz CT molecular complexity index is 940. The summed E-state index contributed by atoms with van der Waals surface area (Å²) in [7, 11) is 1.88. The molecule has 29 heavy (non-hydrogen) atoms. The second kappa shape index (κ2) is 7.99. The maximum Gasteiger partial charge on any atom is 0.264 e. The van der Waals surface area contributed by atoms with Crippen LogP contribution >= 0.6 is 0 Å². The van der Waals surface area contributed by atoms with Crippen LogP contribution in [-0.4, -0.2) is 54.1 Å². The van der Waals surface area contributed by atoms with Crippen molar-refractivity contribution in [2.45, 2.75) is 38.7 Å². The van der Waals surface area contributed by atoms with Crippen LogP contribution in [0, 0.1) is 17.7 Å². The third-order valence-corrected chi connectivity index (χ3v) is 6.25. The zero-order valence-electron chi connectivity index (χ0n) is 17.1. The third kappa shape index (κ3) is 4.05. The van der Waals surface area contributed by atoms with Gasteiger partial charge < -0.3 is 20.4 Å². The molecule has 2 aliphatic rings. The molecule has 154 valence electrons. The van der Waals surface area contributed by atoms with E-state index < -0.39 is 0 Å². The van der Waals surface area contributed by atoms with Crippen molar-refractivity contribution < 1.29 is 4.74 Å². The predicted molar refractivity (Wildman–Crippen MR) is 114 cm³/mol. The summed E-state index contributed by atoms with van der Waals surface area (Å²) in [4.78, 5) is 13.8. The first-order valence-corrected chi connectivity index (χ1v) is 10.3. The number of aryl methyl sites for hydroxylation is 1. The van der Waals surface area contributed by atoms with Gasteiger partial charge in [-0.2, -0.15) is 5.10 Å². The Morgan fingerprint density at radius 1 is 1.41 bits per heavy atom. The molecular formula is C22H29N5O2. The number of benzene rings is 1. The van der Waals surface area contributed by atoms with Gasteiger partial charge in [0.1, 0.15) is 5.75 Å². The summed E-state index contributed by atoms with van der Waals surface area (Å²) in [5, 5.41) is 17.0. The van der Waals surface area contributed by atoms with E-state index in [1.807, 2.05) is 26.1 Å². The molecule has 7 heteroatoms. The van der Waals surface area contributed by atoms with Gasteiger partial charge in [-0.25, -0.2) is 5.10 Å². The first-order valence-electron chi connectivity index (χ1n) is 10.3. The lowest BCUT2D eigenvalue weighted by Crippen LogP contribution is -2.64. The van der Waals surface area contributed by atoms with Gasteiger partial charge in [-0.05, 0) is 56.8 Å². The summed E-state index contributed by atoms with van der Waals surface area (Å²) in [6, 6.07) is 5.56. The lowest BCUT2D eigenvalue weighted by Gasteiger charge is -2.58. The minimum atomic E-state index is -0.129. The molecule has 1 spiro atoms. The molecule has 2 fully saturated rings. The molecule has 0 unspecified atom stereocenters. The molecule has 0 atom stereocenters. The molecule has 1 aromatic carbocycles. The van der Waals surface area contributed by atoms with Gasteiger partial charge in [0, 0.05) is 54.6 Å². The molecule has 1 saturated carbocycles. The second-order valence-electron chi connectivity index (χ2n) is 8.46. The van der Waals surface area contributed by atoms with Crippen LogP contribution in [0.1, 0.15) is 36.0 Å². The van der Waals surface area contributed by atoms with Crippen molar-refractivity contribution in [2.75, 3.05) is 32.0 Å². The zero-order chi connectivity index (χ0) is 20.4. The molecule has 0 bridgehead atoms. The van der Waals surface area contributed by atoms with Gasteiger partial charge in [-0.15, -0.1) is 0 Å². The average molecular weight is 396 g/mol. The first-order chi connectivity index (χ1) is 14.0. The Balaban J connectivity index is 1.21. The molecule has 0 radical (unpaired) electrons. The number of ether oxygens (including phenoxy) is 1. The van der Waals surface area contributed by atoms with Crippen molar-refractivity contribution in [1.82, 2.24) is 15.1 Å². The average Bonchev–Trinajstić information content (AvgIpc) is 2.65. The van der Waals surface area contributed by atoms with Gasteiger partial charge in [0.15, 0.2) is 0 Å². The van der Waals surface area contributed by atoms with Gasteiger partial charge >= 0.3 is 0 Å². The van der Waals surface area contributed by atoms with Crippen LogP contribution in [0.5, 0.6) is 5.75 Å². The van der Waals surface area contributed by atoms with Gasteiger partial charge in [-0.1, -0.05) is 0 Å². The van der Waals surface area contributed by atoms with Crippen LogP contribution in [0.3, 0.4) is 0 Å². The highest BCUT2D eigenvalue weighted by molar-refractivity contribution is 5.88. The Labute approximate surface area is 171 Å². The van der Waals surface area contributed by atoms with Crippen LogP contribution < -0.4 is 15.6 Å². The molecule has 0 amide bonds. The van der Waals surface area contributed by atoms with Crippen LogP contribution in [0.4, 0.5) is 5.69 Å². The van der Waals surface area contributed by atoms with Crippen molar-refractivity contribution in [3.63, 3.8) is 0 Å². The van der Waals surface area contributed by atoms with E-state index in [0.717, 1.165) is 73.4 Å². The lowest BCUT2D eigenvalue weighted by atomic mass is 9.61. The summed E-state index contributed by atoms with van der Waals surface area (Å²) in [5.41, 5.74) is 4.23. The minimum absolute atomic E-state index is 0.129. The topological polar surface area (TPSA) is 94.1 Å². The smallest absolute Gasteiger partial charge is 0.264 e. The largest absolute Gasteiger partial charge is 0.490 e. The molecule has 1 aliphatic carbocycles. The standard InChI is InChI=1S/C22H29N5O2/c1-15-19(6-5-17(11-23)21(15)24-2)29-18-9-22(10-18)13-27(14-22)7-3-4-16-8-20(28)26-25-12-16/h5-6,8,11-12,18,23-24H,3-4,7,9-10,13-14H2,1-2H3,(H,26,28). The van der Waals surface area contributed by atoms with Crippen molar-refractivity contribution in [3.8, 4) is 5.75 Å². The van der Waals surface area contributed by atoms with E-state index in [9.17, 15) is 4.79 Å². The number of rotatable bonds is 8. The number of nitrogens with one attached hydrogen (secondary N) is 3. The van der Waals surface area contributed by atoms with Crippen LogP contribution in [0.15, 0.2) is 29.2 Å². The highest BCUT2D eigenvalue weighted by Gasteiger charge is 2.53. The van der Waals surface area contributed by atoms with E-state index in [-0.39, 0.29) is 11.7 Å². The second-order valence-corrected chi connectivity index (χ2v) is 8.46. The van der Waals surface area contributed by atoms with E-state index in [0.29, 0.717) is 5.41 Å². The number of hydrogen-bond donors (Lipinski definition) is 3. The normalized spacial score (nSPS) is 18.1. The Morgan fingerprint density at radius 3 is 2.90 bits per heavy atom. The van der Waals surface area contributed by atoms with Crippen LogP contribution in [-0.2, 0) is 6.42 Å². The first kappa shape index (κ1) is 19.6. The highest BCUT2D eigenvalue weighted by Crippen LogP contribution is 2.50. The predicted octanol–water partition coefficient (Wildman–Crippen LogP) is 2.59. The van der Waals surface area contributed by atoms with E-state index in [2.05, 4.69) is 20.4 Å². The monoisotopic (exact) mass is 395 g/mol. The fraction of sp³-hybridized carbons (Fsp3) is 0.500. The van der Waals surface area contributed by atoms with Gasteiger partial charge in [0.05, 0.1) is 12.3 Å². The lowest BCUT2D eigenvalue weighted by molar-refractivity contribution is -0.119. The fourth-order valence-corrected chi connectivity index (χ4v) is 4.84. The molecule has 4 rings (SSSR count). The maximum absolute atomic E-state index is 11.3. The third-order valence-electron chi connectivity index (χ3n) is 6.25. The molecule has 3 N–H and O–H groups in total. The van der Waals surface area contributed by atoms with Crippen molar-refractivity contribution >= 4 is 11.9 Å². The molecule has 2 aromatic rings. The molecule has 1 saturated heterocycles. The van der Waals surface area contributed by atoms with E-state index in [4.69, 9.17) is 10.1 Å². The number of aromatic amines is 1. The molecule has 1 aromatic heterocycles. The fourth-order valence-electron chi connectivity index (χ4n) is 4.84. The summed E-state index contributed by atoms with van der Waals surface area (Å²) < 4.78 is 6.27. The summed E-state index contributed by atoms with van der Waals surface area (Å²) >= 11 is 0. The zero-order valence-corrected chi connectivity index (χ0v) is 17.1. The molecular weight excluding hydrogens is 366 g/mol.